The number of amides is 1. The zero-order valence-electron chi connectivity index (χ0n) is 9.19. The molecule has 0 aromatic heterocycles. The third-order valence-corrected chi connectivity index (χ3v) is 4.27. The molecule has 2 unspecified atom stereocenters. The Morgan fingerprint density at radius 3 is 2.67 bits per heavy atom. The van der Waals surface area contributed by atoms with Gasteiger partial charge in [0.1, 0.15) is 0 Å². The van der Waals surface area contributed by atoms with Gasteiger partial charge in [-0.1, -0.05) is 25.0 Å². The average Bonchev–Trinajstić information content (AvgIpc) is 2.85. The minimum absolute atomic E-state index is 0.361. The molecule has 0 aromatic carbocycles. The molecule has 82 valence electrons. The van der Waals surface area contributed by atoms with E-state index in [2.05, 4.69) is 17.1 Å². The molecule has 0 aromatic rings. The second-order valence-electron chi connectivity index (χ2n) is 5.19. The van der Waals surface area contributed by atoms with Gasteiger partial charge in [-0.15, -0.1) is 0 Å². The molecular weight excluding hydrogens is 186 g/mol. The summed E-state index contributed by atoms with van der Waals surface area (Å²) in [6.07, 6.45) is 12.8. The van der Waals surface area contributed by atoms with Gasteiger partial charge in [0.15, 0.2) is 0 Å². The summed E-state index contributed by atoms with van der Waals surface area (Å²) in [4.78, 5) is 14.6. The first-order valence-electron chi connectivity index (χ1n) is 6.35. The predicted octanol–water partition coefficient (Wildman–Crippen LogP) is 2.50. The summed E-state index contributed by atoms with van der Waals surface area (Å²) in [5.41, 5.74) is 0. The highest BCUT2D eigenvalue weighted by molar-refractivity contribution is 5.80. The lowest BCUT2D eigenvalue weighted by Gasteiger charge is -2.33. The van der Waals surface area contributed by atoms with Gasteiger partial charge in [-0.25, -0.2) is 0 Å². The zero-order chi connectivity index (χ0) is 10.3. The Morgan fingerprint density at radius 2 is 1.93 bits per heavy atom. The van der Waals surface area contributed by atoms with Crippen molar-refractivity contribution >= 4 is 5.91 Å². The minimum atomic E-state index is 0.361. The maximum absolute atomic E-state index is 12.4. The van der Waals surface area contributed by atoms with Gasteiger partial charge in [0, 0.05) is 12.0 Å². The quantitative estimate of drug-likeness (QED) is 0.602. The topological polar surface area (TPSA) is 20.3 Å². The summed E-state index contributed by atoms with van der Waals surface area (Å²) in [6.45, 7) is 0. The van der Waals surface area contributed by atoms with E-state index in [-0.39, 0.29) is 0 Å². The van der Waals surface area contributed by atoms with Crippen molar-refractivity contribution in [1.29, 1.82) is 0 Å². The van der Waals surface area contributed by atoms with E-state index in [1.807, 2.05) is 0 Å². The van der Waals surface area contributed by atoms with E-state index in [0.717, 1.165) is 19.3 Å². The Balaban J connectivity index is 1.76. The largest absolute Gasteiger partial charge is 0.333 e. The van der Waals surface area contributed by atoms with Crippen LogP contribution in [0.4, 0.5) is 0 Å². The smallest absolute Gasteiger partial charge is 0.226 e. The fourth-order valence-corrected chi connectivity index (χ4v) is 3.45. The van der Waals surface area contributed by atoms with Gasteiger partial charge < -0.3 is 4.90 Å². The highest BCUT2D eigenvalue weighted by atomic mass is 16.2. The first-order chi connectivity index (χ1) is 7.36. The molecule has 15 heavy (non-hydrogen) atoms. The van der Waals surface area contributed by atoms with Gasteiger partial charge in [0.25, 0.3) is 0 Å². The van der Waals surface area contributed by atoms with E-state index in [1.54, 1.807) is 0 Å². The molecule has 1 amide bonds. The Bertz CT molecular complexity index is 291. The zero-order valence-corrected chi connectivity index (χ0v) is 9.19. The van der Waals surface area contributed by atoms with Crippen LogP contribution in [0.25, 0.3) is 0 Å². The fraction of sp³-hybridized carbons (Fsp3) is 0.769. The van der Waals surface area contributed by atoms with Crippen molar-refractivity contribution in [2.45, 2.75) is 57.0 Å². The van der Waals surface area contributed by atoms with Crippen molar-refractivity contribution in [3.8, 4) is 0 Å². The van der Waals surface area contributed by atoms with Crippen LogP contribution in [0, 0.1) is 5.92 Å². The maximum atomic E-state index is 12.4. The molecule has 2 heterocycles. The molecule has 2 nitrogen and oxygen atoms in total. The van der Waals surface area contributed by atoms with Gasteiger partial charge in [0.2, 0.25) is 5.91 Å². The van der Waals surface area contributed by atoms with Crippen molar-refractivity contribution in [2.75, 3.05) is 0 Å². The van der Waals surface area contributed by atoms with Crippen LogP contribution in [-0.4, -0.2) is 22.9 Å². The molecular formula is C13H19NO. The fourth-order valence-electron chi connectivity index (χ4n) is 3.45. The first kappa shape index (κ1) is 9.44. The molecule has 0 radical (unpaired) electrons. The Labute approximate surface area is 91.3 Å². The monoisotopic (exact) mass is 205 g/mol. The third kappa shape index (κ3) is 1.51. The van der Waals surface area contributed by atoms with Crippen LogP contribution in [0.15, 0.2) is 12.2 Å². The van der Waals surface area contributed by atoms with Crippen LogP contribution in [0.3, 0.4) is 0 Å². The number of carbonyl (C=O) groups is 1. The van der Waals surface area contributed by atoms with Gasteiger partial charge in [-0.05, 0) is 32.1 Å². The van der Waals surface area contributed by atoms with Crippen molar-refractivity contribution in [2.24, 2.45) is 5.92 Å². The molecule has 1 saturated heterocycles. The maximum Gasteiger partial charge on any atom is 0.226 e. The molecule has 2 atom stereocenters. The van der Waals surface area contributed by atoms with E-state index < -0.39 is 0 Å². The molecule has 2 aliphatic heterocycles. The lowest BCUT2D eigenvalue weighted by Crippen LogP contribution is -2.44. The Kier molecular flexibility index (Phi) is 2.30. The van der Waals surface area contributed by atoms with Crippen molar-refractivity contribution < 1.29 is 4.79 Å². The van der Waals surface area contributed by atoms with Crippen molar-refractivity contribution in [3.63, 3.8) is 0 Å². The highest BCUT2D eigenvalue weighted by Crippen LogP contribution is 2.35. The Hall–Kier alpha value is -0.790. The summed E-state index contributed by atoms with van der Waals surface area (Å²) in [7, 11) is 0. The van der Waals surface area contributed by atoms with Crippen molar-refractivity contribution in [3.05, 3.63) is 12.2 Å². The molecule has 3 rings (SSSR count). The predicted molar refractivity (Wildman–Crippen MR) is 59.4 cm³/mol. The van der Waals surface area contributed by atoms with E-state index in [1.165, 1.54) is 25.7 Å². The lowest BCUT2D eigenvalue weighted by atomic mass is 10.0. The molecule has 3 aliphatic rings. The third-order valence-electron chi connectivity index (χ3n) is 4.27. The highest BCUT2D eigenvalue weighted by Gasteiger charge is 2.40. The number of hydrogen-bond acceptors (Lipinski definition) is 1. The van der Waals surface area contributed by atoms with E-state index in [9.17, 15) is 4.79 Å². The lowest BCUT2D eigenvalue weighted by molar-refractivity contribution is -0.137. The van der Waals surface area contributed by atoms with E-state index >= 15 is 0 Å². The molecule has 2 fully saturated rings. The van der Waals surface area contributed by atoms with Gasteiger partial charge >= 0.3 is 0 Å². The molecule has 1 saturated carbocycles. The van der Waals surface area contributed by atoms with E-state index in [0.29, 0.717) is 23.9 Å². The number of nitrogens with zero attached hydrogens (tertiary/aromatic N) is 1. The van der Waals surface area contributed by atoms with E-state index in [4.69, 9.17) is 0 Å². The number of carbonyl (C=O) groups excluding carboxylic acids is 1. The second-order valence-corrected chi connectivity index (χ2v) is 5.19. The average molecular weight is 205 g/mol. The molecule has 2 heteroatoms. The standard InChI is InChI=1S/C13H19NO/c15-13(10-4-1-2-5-10)14-11-6-3-7-12(14)9-8-11/h3,6,10-12H,1-2,4-5,7-9H2. The normalized spacial score (nSPS) is 35.1. The molecule has 2 bridgehead atoms. The van der Waals surface area contributed by atoms with Crippen LogP contribution >= 0.6 is 0 Å². The summed E-state index contributed by atoms with van der Waals surface area (Å²) < 4.78 is 0. The summed E-state index contributed by atoms with van der Waals surface area (Å²) in [5.74, 6) is 0.823. The first-order valence-corrected chi connectivity index (χ1v) is 6.35. The van der Waals surface area contributed by atoms with Gasteiger partial charge in [-0.2, -0.15) is 0 Å². The van der Waals surface area contributed by atoms with Crippen LogP contribution in [0.5, 0.6) is 0 Å². The summed E-state index contributed by atoms with van der Waals surface area (Å²) in [6, 6.07) is 0.977. The Morgan fingerprint density at radius 1 is 1.13 bits per heavy atom. The number of fused-ring (bicyclic) bond motifs is 2. The molecule has 0 spiro atoms. The SMILES string of the molecule is O=C(C1CCCC1)N1C2C=CCC1CC2. The van der Waals surface area contributed by atoms with Gasteiger partial charge in [0.05, 0.1) is 6.04 Å². The summed E-state index contributed by atoms with van der Waals surface area (Å²) >= 11 is 0. The second kappa shape index (κ2) is 3.66. The van der Waals surface area contributed by atoms with Crippen LogP contribution in [-0.2, 0) is 4.79 Å². The van der Waals surface area contributed by atoms with Crippen LogP contribution in [0.2, 0.25) is 0 Å². The number of hydrogen-bond donors (Lipinski definition) is 0. The van der Waals surface area contributed by atoms with Crippen LogP contribution < -0.4 is 0 Å². The molecule has 0 N–H and O–H groups in total. The van der Waals surface area contributed by atoms with Crippen molar-refractivity contribution in [1.82, 2.24) is 4.90 Å². The van der Waals surface area contributed by atoms with Gasteiger partial charge in [-0.3, -0.25) is 4.79 Å². The van der Waals surface area contributed by atoms with Crippen LogP contribution in [0.1, 0.15) is 44.9 Å². The number of rotatable bonds is 1. The minimum Gasteiger partial charge on any atom is -0.333 e. The summed E-state index contributed by atoms with van der Waals surface area (Å²) in [5, 5.41) is 0. The molecule has 1 aliphatic carbocycles.